The molecule has 1 amide bonds. The van der Waals surface area contributed by atoms with Gasteiger partial charge in [0.05, 0.1) is 0 Å². The van der Waals surface area contributed by atoms with Gasteiger partial charge in [0.1, 0.15) is 13.2 Å². The monoisotopic (exact) mass is 268 g/mol. The molecule has 4 nitrogen and oxygen atoms in total. The lowest BCUT2D eigenvalue weighted by atomic mass is 9.86. The number of halogens is 3. The number of amides is 1. The Morgan fingerprint density at radius 1 is 1.33 bits per heavy atom. The molecular weight excluding hydrogens is 249 g/mol. The zero-order valence-corrected chi connectivity index (χ0v) is 10.2. The van der Waals surface area contributed by atoms with Crippen LogP contribution >= 0.6 is 0 Å². The van der Waals surface area contributed by atoms with Crippen molar-refractivity contribution in [2.24, 2.45) is 11.1 Å². The molecule has 0 radical (unpaired) electrons. The van der Waals surface area contributed by atoms with Crippen molar-refractivity contribution in [2.45, 2.75) is 31.9 Å². The molecule has 0 saturated heterocycles. The highest BCUT2D eigenvalue weighted by atomic mass is 19.4. The van der Waals surface area contributed by atoms with Crippen molar-refractivity contribution in [3.8, 4) is 0 Å². The van der Waals surface area contributed by atoms with Crippen molar-refractivity contribution in [3.63, 3.8) is 0 Å². The molecule has 0 aliphatic heterocycles. The van der Waals surface area contributed by atoms with Gasteiger partial charge < -0.3 is 15.8 Å². The molecule has 0 spiro atoms. The summed E-state index contributed by atoms with van der Waals surface area (Å²) in [6.07, 6.45) is -0.333. The molecular formula is C11H19F3N2O2. The first-order chi connectivity index (χ1) is 8.37. The molecule has 0 atom stereocenters. The first-order valence-corrected chi connectivity index (χ1v) is 5.98. The highest BCUT2D eigenvalue weighted by Gasteiger charge is 2.33. The second kappa shape index (κ2) is 6.38. The van der Waals surface area contributed by atoms with Gasteiger partial charge in [-0.25, -0.2) is 0 Å². The fourth-order valence-corrected chi connectivity index (χ4v) is 2.17. The summed E-state index contributed by atoms with van der Waals surface area (Å²) >= 11 is 0. The zero-order chi connectivity index (χ0) is 13.6. The minimum Gasteiger partial charge on any atom is -0.362 e. The van der Waals surface area contributed by atoms with E-state index in [1.807, 2.05) is 0 Å². The van der Waals surface area contributed by atoms with E-state index in [0.717, 1.165) is 25.7 Å². The van der Waals surface area contributed by atoms with E-state index in [4.69, 9.17) is 5.73 Å². The number of carbonyl (C=O) groups excluding carboxylic acids is 1. The Labute approximate surface area is 104 Å². The predicted molar refractivity (Wildman–Crippen MR) is 59.8 cm³/mol. The average molecular weight is 268 g/mol. The van der Waals surface area contributed by atoms with Gasteiger partial charge in [-0.2, -0.15) is 13.2 Å². The second-order valence-electron chi connectivity index (χ2n) is 4.80. The lowest BCUT2D eigenvalue weighted by Crippen LogP contribution is -2.42. The Balaban J connectivity index is 2.20. The number of alkyl halides is 3. The number of nitrogens with two attached hydrogens (primary N) is 1. The molecule has 0 aromatic rings. The Kier molecular flexibility index (Phi) is 5.40. The van der Waals surface area contributed by atoms with Gasteiger partial charge in [-0.15, -0.1) is 0 Å². The molecule has 18 heavy (non-hydrogen) atoms. The maximum Gasteiger partial charge on any atom is 0.411 e. The number of hydrogen-bond donors (Lipinski definition) is 2. The number of nitrogens with one attached hydrogen (secondary N) is 1. The third-order valence-electron chi connectivity index (χ3n) is 3.26. The lowest BCUT2D eigenvalue weighted by Gasteiger charge is -2.27. The van der Waals surface area contributed by atoms with E-state index in [0.29, 0.717) is 13.1 Å². The fraction of sp³-hybridized carbons (Fsp3) is 0.909. The molecule has 106 valence electrons. The maximum absolute atomic E-state index is 11.8. The first-order valence-electron chi connectivity index (χ1n) is 5.98. The van der Waals surface area contributed by atoms with Crippen LogP contribution in [0.1, 0.15) is 25.7 Å². The summed E-state index contributed by atoms with van der Waals surface area (Å²) in [7, 11) is 0. The van der Waals surface area contributed by atoms with E-state index in [2.05, 4.69) is 10.1 Å². The standard InChI is InChI=1S/C11H19F3N2O2/c12-11(13,14)8-18-5-9(17)16-7-10(6-15)3-1-2-4-10/h1-8,15H2,(H,16,17). The van der Waals surface area contributed by atoms with E-state index in [-0.39, 0.29) is 5.41 Å². The maximum atomic E-state index is 11.8. The summed E-state index contributed by atoms with van der Waals surface area (Å²) < 4.78 is 39.6. The summed E-state index contributed by atoms with van der Waals surface area (Å²) in [6.45, 7) is -1.07. The molecule has 1 aliphatic carbocycles. The smallest absolute Gasteiger partial charge is 0.362 e. The van der Waals surface area contributed by atoms with Crippen molar-refractivity contribution in [1.29, 1.82) is 0 Å². The summed E-state index contributed by atoms with van der Waals surface area (Å²) in [5.41, 5.74) is 5.60. The molecule has 0 heterocycles. The minimum atomic E-state index is -4.40. The van der Waals surface area contributed by atoms with Gasteiger partial charge in [-0.1, -0.05) is 12.8 Å². The van der Waals surface area contributed by atoms with E-state index >= 15 is 0 Å². The van der Waals surface area contributed by atoms with Crippen LogP contribution in [0.2, 0.25) is 0 Å². The van der Waals surface area contributed by atoms with Crippen LogP contribution in [0.3, 0.4) is 0 Å². The number of rotatable bonds is 6. The van der Waals surface area contributed by atoms with Gasteiger partial charge in [0, 0.05) is 6.54 Å². The predicted octanol–water partition coefficient (Wildman–Crippen LogP) is 1.20. The van der Waals surface area contributed by atoms with Gasteiger partial charge in [0.25, 0.3) is 0 Å². The topological polar surface area (TPSA) is 64.3 Å². The highest BCUT2D eigenvalue weighted by molar-refractivity contribution is 5.77. The van der Waals surface area contributed by atoms with E-state index in [1.54, 1.807) is 0 Å². The molecule has 0 unspecified atom stereocenters. The van der Waals surface area contributed by atoms with Crippen molar-refractivity contribution in [2.75, 3.05) is 26.3 Å². The van der Waals surface area contributed by atoms with Crippen LogP contribution in [0.5, 0.6) is 0 Å². The van der Waals surface area contributed by atoms with Crippen LogP contribution in [-0.2, 0) is 9.53 Å². The Morgan fingerprint density at radius 2 is 1.94 bits per heavy atom. The van der Waals surface area contributed by atoms with Gasteiger partial charge in [0.15, 0.2) is 0 Å². The fourth-order valence-electron chi connectivity index (χ4n) is 2.17. The van der Waals surface area contributed by atoms with Crippen LogP contribution in [-0.4, -0.2) is 38.4 Å². The molecule has 7 heteroatoms. The highest BCUT2D eigenvalue weighted by Crippen LogP contribution is 2.36. The van der Waals surface area contributed by atoms with E-state index in [9.17, 15) is 18.0 Å². The molecule has 3 N–H and O–H groups in total. The van der Waals surface area contributed by atoms with E-state index < -0.39 is 25.3 Å². The van der Waals surface area contributed by atoms with Crippen LogP contribution in [0, 0.1) is 5.41 Å². The third kappa shape index (κ3) is 5.22. The molecule has 1 saturated carbocycles. The Bertz CT molecular complexity index is 276. The minimum absolute atomic E-state index is 0.0836. The van der Waals surface area contributed by atoms with Gasteiger partial charge in [-0.05, 0) is 24.8 Å². The summed E-state index contributed by atoms with van der Waals surface area (Å²) in [5, 5.41) is 2.59. The van der Waals surface area contributed by atoms with E-state index in [1.165, 1.54) is 0 Å². The number of ether oxygens (including phenoxy) is 1. The number of carbonyl (C=O) groups is 1. The summed E-state index contributed by atoms with van der Waals surface area (Å²) in [5.74, 6) is -0.529. The van der Waals surface area contributed by atoms with Gasteiger partial charge in [0.2, 0.25) is 5.91 Å². The van der Waals surface area contributed by atoms with Crippen LogP contribution < -0.4 is 11.1 Å². The first kappa shape index (κ1) is 15.2. The third-order valence-corrected chi connectivity index (χ3v) is 3.26. The molecule has 1 rings (SSSR count). The number of hydrogen-bond acceptors (Lipinski definition) is 3. The molecule has 1 fully saturated rings. The van der Waals surface area contributed by atoms with Crippen molar-refractivity contribution < 1.29 is 22.7 Å². The quantitative estimate of drug-likeness (QED) is 0.761. The molecule has 1 aliphatic rings. The largest absolute Gasteiger partial charge is 0.411 e. The van der Waals surface area contributed by atoms with Crippen molar-refractivity contribution in [1.82, 2.24) is 5.32 Å². The van der Waals surface area contributed by atoms with Gasteiger partial charge in [-0.3, -0.25) is 4.79 Å². The Hall–Kier alpha value is -0.820. The molecule has 0 aromatic heterocycles. The SMILES string of the molecule is NCC1(CNC(=O)COCC(F)(F)F)CCCC1. The zero-order valence-electron chi connectivity index (χ0n) is 10.2. The molecule has 0 aromatic carbocycles. The Morgan fingerprint density at radius 3 is 2.44 bits per heavy atom. The summed E-state index contributed by atoms with van der Waals surface area (Å²) in [6, 6.07) is 0. The second-order valence-corrected chi connectivity index (χ2v) is 4.80. The van der Waals surface area contributed by atoms with Gasteiger partial charge >= 0.3 is 6.18 Å². The molecule has 0 bridgehead atoms. The summed E-state index contributed by atoms with van der Waals surface area (Å²) in [4.78, 5) is 11.3. The average Bonchev–Trinajstić information content (AvgIpc) is 2.74. The normalized spacial score (nSPS) is 18.9. The van der Waals surface area contributed by atoms with Crippen LogP contribution in [0.15, 0.2) is 0 Å². The van der Waals surface area contributed by atoms with Crippen LogP contribution in [0.4, 0.5) is 13.2 Å². The van der Waals surface area contributed by atoms with Crippen LogP contribution in [0.25, 0.3) is 0 Å². The lowest BCUT2D eigenvalue weighted by molar-refractivity contribution is -0.175. The van der Waals surface area contributed by atoms with Crippen molar-refractivity contribution in [3.05, 3.63) is 0 Å². The van der Waals surface area contributed by atoms with Crippen molar-refractivity contribution >= 4 is 5.91 Å².